The van der Waals surface area contributed by atoms with Crippen molar-refractivity contribution < 1.29 is 55.1 Å². The smallest absolute Gasteiger partial charge is 0.408 e. The standard InChI is InChI=1S/C29H30N2O7S.C28H28N2O5/c1-21-26(30-28(38-21)24-11-7-4-8-12-24)17-18-35-25-15-13-23(14-16-25)27(20-37-39(2,33)34)31-29(32)36-19-22-9-5-3-6-10-22;1-20-25(30-27(35-20)23-10-6-3-7-11-23)16-17-33-24-14-12-22(13-15-24)26(31)18-29-28(32)34-19-21-8-4-2-5-9-21/h3-16,27H,17-20H2,1-2H3,(H,31,32);2-15,26,31H,16-19H2,1H3,(H,29,32)/t27-;26-/m00/s1. The van der Waals surface area contributed by atoms with Crippen molar-refractivity contribution in [2.45, 2.75) is 52.0 Å². The Morgan fingerprint density at radius 3 is 1.45 bits per heavy atom. The summed E-state index contributed by atoms with van der Waals surface area (Å²) in [6.07, 6.45) is -0.00718. The van der Waals surface area contributed by atoms with Crippen molar-refractivity contribution in [2.24, 2.45) is 0 Å². The average Bonchev–Trinajstić information content (AvgIpc) is 3.99. The predicted octanol–water partition coefficient (Wildman–Crippen LogP) is 10.4. The zero-order chi connectivity index (χ0) is 52.1. The number of carbonyl (C=O) groups excluding carboxylic acids is 2. The minimum Gasteiger partial charge on any atom is -0.493 e. The van der Waals surface area contributed by atoms with E-state index in [-0.39, 0.29) is 26.4 Å². The van der Waals surface area contributed by atoms with Gasteiger partial charge in [0, 0.05) is 24.0 Å². The van der Waals surface area contributed by atoms with Gasteiger partial charge in [-0.05, 0) is 84.6 Å². The predicted molar refractivity (Wildman–Crippen MR) is 278 cm³/mol. The summed E-state index contributed by atoms with van der Waals surface area (Å²) in [5.74, 6) is 3.99. The largest absolute Gasteiger partial charge is 0.493 e. The highest BCUT2D eigenvalue weighted by Crippen LogP contribution is 2.25. The molecule has 16 nitrogen and oxygen atoms in total. The van der Waals surface area contributed by atoms with Crippen LogP contribution in [0.2, 0.25) is 0 Å². The third-order valence-corrected chi connectivity index (χ3v) is 11.8. The van der Waals surface area contributed by atoms with Gasteiger partial charge in [0.2, 0.25) is 11.8 Å². The first-order chi connectivity index (χ1) is 35.8. The number of aliphatic hydroxyl groups is 1. The van der Waals surface area contributed by atoms with Crippen LogP contribution in [0.15, 0.2) is 179 Å². The Balaban J connectivity index is 0.000000217. The van der Waals surface area contributed by atoms with Gasteiger partial charge in [0.1, 0.15) is 36.2 Å². The van der Waals surface area contributed by atoms with Gasteiger partial charge in [0.15, 0.2) is 0 Å². The second-order valence-electron chi connectivity index (χ2n) is 16.8. The van der Waals surface area contributed by atoms with Gasteiger partial charge in [0.25, 0.3) is 10.1 Å². The van der Waals surface area contributed by atoms with Crippen LogP contribution in [0.5, 0.6) is 11.5 Å². The van der Waals surface area contributed by atoms with Gasteiger partial charge in [0.05, 0.1) is 56.2 Å². The van der Waals surface area contributed by atoms with Crippen LogP contribution in [-0.2, 0) is 49.8 Å². The Morgan fingerprint density at radius 1 is 0.581 bits per heavy atom. The number of oxazole rings is 2. The van der Waals surface area contributed by atoms with Gasteiger partial charge in [-0.15, -0.1) is 0 Å². The Labute approximate surface area is 430 Å². The molecule has 17 heteroatoms. The maximum Gasteiger partial charge on any atom is 0.408 e. The number of alkyl carbamates (subject to hydrolysis) is 2. The number of ether oxygens (including phenoxy) is 4. The second-order valence-corrected chi connectivity index (χ2v) is 18.5. The van der Waals surface area contributed by atoms with Crippen LogP contribution >= 0.6 is 0 Å². The van der Waals surface area contributed by atoms with E-state index in [0.29, 0.717) is 60.5 Å². The lowest BCUT2D eigenvalue weighted by molar-refractivity contribution is 0.126. The quantitative estimate of drug-likeness (QED) is 0.0540. The molecule has 0 bridgehead atoms. The molecule has 2 aromatic heterocycles. The van der Waals surface area contributed by atoms with Crippen LogP contribution in [0.3, 0.4) is 0 Å². The molecule has 0 aliphatic heterocycles. The fraction of sp³-hybridized carbons (Fsp3) is 0.228. The SMILES string of the molecule is Cc1oc(-c2ccccc2)nc1CCOc1ccc([C@@H](O)CNC(=O)OCc2ccccc2)cc1.Cc1oc(-c2ccccc2)nc1CCOc1ccc([C@H](COS(C)(=O)=O)NC(=O)OCc2ccccc2)cc1. The lowest BCUT2D eigenvalue weighted by Gasteiger charge is -2.19. The zero-order valence-corrected chi connectivity index (χ0v) is 42.0. The summed E-state index contributed by atoms with van der Waals surface area (Å²) < 4.78 is 61.8. The maximum atomic E-state index is 12.4. The van der Waals surface area contributed by atoms with E-state index in [9.17, 15) is 23.1 Å². The molecule has 0 aliphatic carbocycles. The van der Waals surface area contributed by atoms with Gasteiger partial charge < -0.3 is 43.5 Å². The molecule has 8 aromatic rings. The molecule has 2 heterocycles. The Morgan fingerprint density at radius 2 is 1.00 bits per heavy atom. The van der Waals surface area contributed by atoms with Crippen molar-refractivity contribution in [3.8, 4) is 34.4 Å². The van der Waals surface area contributed by atoms with Crippen LogP contribution < -0.4 is 20.1 Å². The number of hydrogen-bond acceptors (Lipinski definition) is 14. The number of nitrogens with one attached hydrogen (secondary N) is 2. The van der Waals surface area contributed by atoms with Crippen LogP contribution in [0.25, 0.3) is 22.9 Å². The molecule has 0 spiro atoms. The molecule has 2 atom stereocenters. The highest BCUT2D eigenvalue weighted by Gasteiger charge is 2.20. The number of amides is 2. The highest BCUT2D eigenvalue weighted by atomic mass is 32.2. The van der Waals surface area contributed by atoms with E-state index in [0.717, 1.165) is 51.4 Å². The van der Waals surface area contributed by atoms with Crippen LogP contribution in [0, 0.1) is 13.8 Å². The number of aromatic nitrogens is 2. The number of aliphatic hydroxyl groups excluding tert-OH is 1. The molecule has 0 radical (unpaired) electrons. The van der Waals surface area contributed by atoms with Gasteiger partial charge >= 0.3 is 12.2 Å². The van der Waals surface area contributed by atoms with Crippen LogP contribution in [0.1, 0.15) is 57.3 Å². The third kappa shape index (κ3) is 17.2. The summed E-state index contributed by atoms with van der Waals surface area (Å²) in [5.41, 5.74) is 6.56. The molecule has 6 aromatic carbocycles. The molecule has 0 aliphatic rings. The number of aryl methyl sites for hydroxylation is 2. The van der Waals surface area contributed by atoms with Crippen LogP contribution in [0.4, 0.5) is 9.59 Å². The van der Waals surface area contributed by atoms with E-state index in [1.165, 1.54) is 0 Å². The lowest BCUT2D eigenvalue weighted by atomic mass is 10.1. The molecule has 8 rings (SSSR count). The highest BCUT2D eigenvalue weighted by molar-refractivity contribution is 7.86. The molecule has 0 saturated carbocycles. The van der Waals surface area contributed by atoms with Gasteiger partial charge in [-0.2, -0.15) is 8.42 Å². The minimum absolute atomic E-state index is 0.0447. The van der Waals surface area contributed by atoms with Gasteiger partial charge in [-0.3, -0.25) is 4.18 Å². The Kier molecular flexibility index (Phi) is 19.5. The summed E-state index contributed by atoms with van der Waals surface area (Å²) in [4.78, 5) is 33.5. The first-order valence-electron chi connectivity index (χ1n) is 23.8. The van der Waals surface area contributed by atoms with Crippen LogP contribution in [-0.4, -0.2) is 68.3 Å². The molecular formula is C57H58N4O12S. The molecule has 0 saturated heterocycles. The number of rotatable bonds is 22. The number of nitrogens with zero attached hydrogens (tertiary/aromatic N) is 2. The Bertz CT molecular complexity index is 3080. The zero-order valence-electron chi connectivity index (χ0n) is 41.2. The second kappa shape index (κ2) is 27.0. The van der Waals surface area contributed by atoms with Crippen molar-refractivity contribution in [3.05, 3.63) is 215 Å². The normalized spacial score (nSPS) is 11.8. The van der Waals surface area contributed by atoms with Crippen molar-refractivity contribution in [1.82, 2.24) is 20.6 Å². The fourth-order valence-corrected chi connectivity index (χ4v) is 7.62. The summed E-state index contributed by atoms with van der Waals surface area (Å²) in [6.45, 7) is 4.62. The number of benzene rings is 6. The molecule has 0 fully saturated rings. The van der Waals surface area contributed by atoms with E-state index in [4.69, 9.17) is 32.0 Å². The average molecular weight is 1020 g/mol. The summed E-state index contributed by atoms with van der Waals surface area (Å²) >= 11 is 0. The molecular weight excluding hydrogens is 965 g/mol. The molecule has 384 valence electrons. The van der Waals surface area contributed by atoms with Crippen molar-refractivity contribution in [3.63, 3.8) is 0 Å². The van der Waals surface area contributed by atoms with Gasteiger partial charge in [-0.25, -0.2) is 19.6 Å². The third-order valence-electron chi connectivity index (χ3n) is 11.2. The molecule has 74 heavy (non-hydrogen) atoms. The van der Waals surface area contributed by atoms with Crippen molar-refractivity contribution in [2.75, 3.05) is 32.6 Å². The summed E-state index contributed by atoms with van der Waals surface area (Å²) in [5, 5.41) is 15.6. The number of hydrogen-bond donors (Lipinski definition) is 3. The number of carbonyl (C=O) groups is 2. The van der Waals surface area contributed by atoms with E-state index in [2.05, 4.69) is 20.6 Å². The first kappa shape index (κ1) is 53.5. The summed E-state index contributed by atoms with van der Waals surface area (Å²) in [6, 6.07) is 51.4. The molecule has 2 amide bonds. The topological polar surface area (TPSA) is 211 Å². The van der Waals surface area contributed by atoms with E-state index in [1.807, 2.05) is 135 Å². The van der Waals surface area contributed by atoms with Crippen molar-refractivity contribution in [1.29, 1.82) is 0 Å². The van der Waals surface area contributed by atoms with E-state index >= 15 is 0 Å². The van der Waals surface area contributed by atoms with E-state index < -0.39 is 34.5 Å². The molecule has 3 N–H and O–H groups in total. The first-order valence-corrected chi connectivity index (χ1v) is 25.6. The summed E-state index contributed by atoms with van der Waals surface area (Å²) in [7, 11) is -3.71. The maximum absolute atomic E-state index is 12.4. The van der Waals surface area contributed by atoms with Crippen molar-refractivity contribution >= 4 is 22.3 Å². The lowest BCUT2D eigenvalue weighted by Crippen LogP contribution is -2.32. The minimum atomic E-state index is -3.71. The van der Waals surface area contributed by atoms with E-state index in [1.54, 1.807) is 48.5 Å². The monoisotopic (exact) mass is 1020 g/mol. The molecule has 0 unspecified atom stereocenters. The van der Waals surface area contributed by atoms with Gasteiger partial charge in [-0.1, -0.05) is 121 Å². The fourth-order valence-electron chi connectivity index (χ4n) is 7.23. The Hall–Kier alpha value is -8.25.